The number of carbonyl (C=O) groups excluding carboxylic acids is 2. The molecule has 0 radical (unpaired) electrons. The molecule has 3 heterocycles. The fourth-order valence-corrected chi connectivity index (χ4v) is 9.32. The highest BCUT2D eigenvalue weighted by molar-refractivity contribution is 5.90. The van der Waals surface area contributed by atoms with Crippen molar-refractivity contribution in [3.8, 4) is 0 Å². The van der Waals surface area contributed by atoms with Gasteiger partial charge < -0.3 is 29.5 Å². The summed E-state index contributed by atoms with van der Waals surface area (Å²) in [6.07, 6.45) is 3.85. The predicted octanol–water partition coefficient (Wildman–Crippen LogP) is 2.58. The molecule has 37 heavy (non-hydrogen) atoms. The Morgan fingerprint density at radius 2 is 1.84 bits per heavy atom. The number of carbonyl (C=O) groups is 2. The molecule has 0 aromatic carbocycles. The molecule has 3 aliphatic heterocycles. The van der Waals surface area contributed by atoms with Crippen molar-refractivity contribution in [3.05, 3.63) is 23.3 Å². The van der Waals surface area contributed by atoms with Crippen LogP contribution in [0.4, 0.5) is 0 Å². The van der Waals surface area contributed by atoms with Crippen LogP contribution in [0.5, 0.6) is 0 Å². The predicted molar refractivity (Wildman–Crippen MR) is 132 cm³/mol. The molecule has 1 unspecified atom stereocenters. The van der Waals surface area contributed by atoms with Gasteiger partial charge in [0.05, 0.1) is 29.8 Å². The Hall–Kier alpha value is -1.74. The van der Waals surface area contributed by atoms with Gasteiger partial charge in [-0.2, -0.15) is 0 Å². The van der Waals surface area contributed by atoms with Crippen molar-refractivity contribution >= 4 is 11.9 Å². The van der Waals surface area contributed by atoms with Crippen molar-refractivity contribution in [2.24, 2.45) is 29.1 Å². The van der Waals surface area contributed by atoms with E-state index in [0.29, 0.717) is 31.3 Å². The van der Waals surface area contributed by atoms with Crippen LogP contribution >= 0.6 is 0 Å². The lowest BCUT2D eigenvalue weighted by Gasteiger charge is -2.51. The molecule has 0 amide bonds. The molecule has 2 saturated heterocycles. The summed E-state index contributed by atoms with van der Waals surface area (Å²) in [5.74, 6) is -1.32. The highest BCUT2D eigenvalue weighted by Gasteiger charge is 2.72. The Balaban J connectivity index is 1.33. The van der Waals surface area contributed by atoms with E-state index >= 15 is 0 Å². The van der Waals surface area contributed by atoms with Gasteiger partial charge in [0.2, 0.25) is 0 Å². The van der Waals surface area contributed by atoms with E-state index < -0.39 is 46.5 Å². The number of hydrogen-bond acceptors (Lipinski definition) is 8. The molecule has 4 fully saturated rings. The van der Waals surface area contributed by atoms with Gasteiger partial charge in [-0.3, -0.25) is 4.79 Å². The molecule has 0 aromatic heterocycles. The Labute approximate surface area is 218 Å². The van der Waals surface area contributed by atoms with E-state index in [-0.39, 0.29) is 42.2 Å². The summed E-state index contributed by atoms with van der Waals surface area (Å²) in [5.41, 5.74) is -1.59. The normalized spacial score (nSPS) is 49.5. The largest absolute Gasteiger partial charge is 0.456 e. The summed E-state index contributed by atoms with van der Waals surface area (Å²) in [7, 11) is 0. The van der Waals surface area contributed by atoms with Crippen LogP contribution < -0.4 is 0 Å². The summed E-state index contributed by atoms with van der Waals surface area (Å²) in [5, 5.41) is 35.0. The first kappa shape index (κ1) is 25.5. The number of aliphatic hydroxyl groups is 3. The van der Waals surface area contributed by atoms with Gasteiger partial charge in [0.15, 0.2) is 0 Å². The monoisotopic (exact) mass is 516 g/mol. The highest BCUT2D eigenvalue weighted by Crippen LogP contribution is 2.66. The zero-order valence-electron chi connectivity index (χ0n) is 22.4. The van der Waals surface area contributed by atoms with E-state index in [1.807, 2.05) is 20.8 Å². The zero-order valence-corrected chi connectivity index (χ0v) is 22.4. The molecule has 8 heteroatoms. The van der Waals surface area contributed by atoms with Crippen LogP contribution in [0.1, 0.15) is 73.1 Å². The quantitative estimate of drug-likeness (QED) is 0.387. The number of esters is 2. The Kier molecular flexibility index (Phi) is 5.45. The van der Waals surface area contributed by atoms with E-state index in [1.165, 1.54) is 0 Å². The van der Waals surface area contributed by atoms with E-state index in [4.69, 9.17) is 14.2 Å². The summed E-state index contributed by atoms with van der Waals surface area (Å²) >= 11 is 0. The second kappa shape index (κ2) is 7.90. The Morgan fingerprint density at radius 3 is 2.51 bits per heavy atom. The van der Waals surface area contributed by atoms with Crippen LogP contribution in [0, 0.1) is 29.1 Å². The van der Waals surface area contributed by atoms with Crippen molar-refractivity contribution in [1.82, 2.24) is 0 Å². The minimum Gasteiger partial charge on any atom is -0.456 e. The number of cyclic esters (lactones) is 1. The summed E-state index contributed by atoms with van der Waals surface area (Å²) in [6.45, 7) is 9.77. The fourth-order valence-electron chi connectivity index (χ4n) is 9.32. The smallest absolute Gasteiger partial charge is 0.334 e. The van der Waals surface area contributed by atoms with Gasteiger partial charge in [-0.25, -0.2) is 4.79 Å². The van der Waals surface area contributed by atoms with Gasteiger partial charge in [-0.15, -0.1) is 0 Å². The lowest BCUT2D eigenvalue weighted by Crippen LogP contribution is -2.56. The van der Waals surface area contributed by atoms with E-state index in [2.05, 4.69) is 13.0 Å². The average molecular weight is 517 g/mol. The van der Waals surface area contributed by atoms with Crippen LogP contribution in [-0.2, 0) is 23.8 Å². The molecular formula is C29H40O8. The van der Waals surface area contributed by atoms with Crippen molar-refractivity contribution in [2.75, 3.05) is 0 Å². The number of fused-ring (bicyclic) bond motifs is 3. The number of ether oxygens (including phenoxy) is 3. The van der Waals surface area contributed by atoms with Crippen LogP contribution in [0.15, 0.2) is 23.3 Å². The molecule has 6 rings (SSSR count). The first-order valence-corrected chi connectivity index (χ1v) is 13.8. The third kappa shape index (κ3) is 3.34. The fraction of sp³-hybridized carbons (Fsp3) is 0.793. The van der Waals surface area contributed by atoms with Crippen molar-refractivity contribution in [2.45, 2.75) is 114 Å². The maximum absolute atomic E-state index is 12.4. The third-order valence-electron chi connectivity index (χ3n) is 11.1. The summed E-state index contributed by atoms with van der Waals surface area (Å²) in [6, 6.07) is 0. The maximum Gasteiger partial charge on any atom is 0.334 e. The second-order valence-electron chi connectivity index (χ2n) is 13.4. The van der Waals surface area contributed by atoms with Crippen LogP contribution in [0.25, 0.3) is 0 Å². The van der Waals surface area contributed by atoms with E-state index in [1.54, 1.807) is 13.0 Å². The number of rotatable bonds is 3. The van der Waals surface area contributed by atoms with Gasteiger partial charge in [0, 0.05) is 23.3 Å². The molecule has 1 spiro atoms. The molecule has 0 bridgehead atoms. The molecule has 6 aliphatic rings. The first-order valence-electron chi connectivity index (χ1n) is 13.8. The van der Waals surface area contributed by atoms with E-state index in [0.717, 1.165) is 12.0 Å². The van der Waals surface area contributed by atoms with Crippen LogP contribution in [-0.4, -0.2) is 68.5 Å². The van der Waals surface area contributed by atoms with Crippen molar-refractivity contribution in [1.29, 1.82) is 0 Å². The van der Waals surface area contributed by atoms with Gasteiger partial charge in [-0.05, 0) is 70.3 Å². The SMILES string of the molecule is CC1=C[C@@H]([C@@H](O)[C@@H](C)C2C[C@H](O)[C@@]3(C)C2=CC[C@]2(O)C[C@]45OC(=O)C[C@H]4OC(C)(C)[C@@H]5CC[C@H]23)OC1=O. The minimum atomic E-state index is -1.15. The maximum atomic E-state index is 12.4. The van der Waals surface area contributed by atoms with Crippen LogP contribution in [0.3, 0.4) is 0 Å². The molecule has 8 nitrogen and oxygen atoms in total. The molecule has 2 saturated carbocycles. The van der Waals surface area contributed by atoms with Crippen LogP contribution in [0.2, 0.25) is 0 Å². The standard InChI is InChI=1S/C29H40O8/c1-14-10-18(35-25(14)33)24(32)15(2)16-11-21(30)27(5)17(16)8-9-28(34)13-29-19(6-7-20(27)28)26(3,4)36-22(29)12-23(31)37-29/h8,10,15-16,18-22,24,30,32,34H,6-7,9,11-13H2,1-5H3/t15-,16?,18-,19-,20-,21-,22+,24-,27-,28-,29+/m0/s1. The lowest BCUT2D eigenvalue weighted by molar-refractivity contribution is -0.165. The molecule has 0 aromatic rings. The van der Waals surface area contributed by atoms with Gasteiger partial charge in [0.1, 0.15) is 17.8 Å². The summed E-state index contributed by atoms with van der Waals surface area (Å²) < 4.78 is 17.8. The van der Waals surface area contributed by atoms with Gasteiger partial charge in [-0.1, -0.05) is 25.5 Å². The van der Waals surface area contributed by atoms with Crippen molar-refractivity contribution in [3.63, 3.8) is 0 Å². The second-order valence-corrected chi connectivity index (χ2v) is 13.4. The first-order chi connectivity index (χ1) is 17.2. The molecule has 3 aliphatic carbocycles. The Bertz CT molecular complexity index is 1090. The minimum absolute atomic E-state index is 0.0414. The highest BCUT2D eigenvalue weighted by atomic mass is 16.6. The van der Waals surface area contributed by atoms with E-state index in [9.17, 15) is 24.9 Å². The lowest BCUT2D eigenvalue weighted by atomic mass is 9.56. The zero-order chi connectivity index (χ0) is 26.7. The topological polar surface area (TPSA) is 123 Å². The Morgan fingerprint density at radius 1 is 1.14 bits per heavy atom. The summed E-state index contributed by atoms with van der Waals surface area (Å²) in [4.78, 5) is 24.3. The molecule has 204 valence electrons. The molecule has 11 atom stereocenters. The average Bonchev–Trinajstić information content (AvgIpc) is 3.40. The van der Waals surface area contributed by atoms with Crippen molar-refractivity contribution < 1.29 is 39.1 Å². The number of aliphatic hydroxyl groups excluding tert-OH is 2. The molecule has 3 N–H and O–H groups in total. The third-order valence-corrected chi connectivity index (χ3v) is 11.1. The molecular weight excluding hydrogens is 476 g/mol. The van der Waals surface area contributed by atoms with Gasteiger partial charge >= 0.3 is 11.9 Å². The number of hydrogen-bond donors (Lipinski definition) is 3. The van der Waals surface area contributed by atoms with Gasteiger partial charge in [0.25, 0.3) is 0 Å².